The Labute approximate surface area is 125 Å². The number of amides is 1. The highest BCUT2D eigenvalue weighted by Gasteiger charge is 2.18. The molecule has 0 aliphatic carbocycles. The first-order chi connectivity index (χ1) is 9.66. The molecule has 1 aromatic carbocycles. The van der Waals surface area contributed by atoms with Crippen molar-refractivity contribution in [2.24, 2.45) is 0 Å². The molecule has 3 N–H and O–H groups in total. The highest BCUT2D eigenvalue weighted by molar-refractivity contribution is 7.21. The Bertz CT molecular complexity index is 746. The summed E-state index contributed by atoms with van der Waals surface area (Å²) in [5, 5.41) is 8.00. The average Bonchev–Trinajstić information content (AvgIpc) is 3.07. The zero-order valence-corrected chi connectivity index (χ0v) is 12.6. The number of benzene rings is 1. The third-order valence-corrected chi connectivity index (χ3v) is 5.12. The maximum absolute atomic E-state index is 12.4. The maximum atomic E-state index is 12.4. The van der Waals surface area contributed by atoms with Gasteiger partial charge in [-0.25, -0.2) is 0 Å². The molecule has 0 aliphatic heterocycles. The molecule has 1 atom stereocenters. The molecule has 3 nitrogen and oxygen atoms in total. The predicted octanol–water partition coefficient (Wildman–Crippen LogP) is 4.04. The molecule has 2 aromatic heterocycles. The molecule has 20 heavy (non-hydrogen) atoms. The van der Waals surface area contributed by atoms with Gasteiger partial charge in [0.05, 0.1) is 11.7 Å². The van der Waals surface area contributed by atoms with Crippen molar-refractivity contribution in [1.29, 1.82) is 0 Å². The number of nitrogens with one attached hydrogen (secondary N) is 1. The number of fused-ring (bicyclic) bond motifs is 1. The van der Waals surface area contributed by atoms with Crippen molar-refractivity contribution < 1.29 is 4.79 Å². The van der Waals surface area contributed by atoms with Crippen molar-refractivity contribution in [3.05, 3.63) is 51.5 Å². The van der Waals surface area contributed by atoms with Crippen LogP contribution in [-0.2, 0) is 0 Å². The number of anilines is 1. The lowest BCUT2D eigenvalue weighted by Crippen LogP contribution is -2.26. The second-order valence-corrected chi connectivity index (χ2v) is 6.43. The number of nitrogen functional groups attached to an aromatic ring is 1. The first kappa shape index (κ1) is 13.1. The van der Waals surface area contributed by atoms with E-state index in [4.69, 9.17) is 5.73 Å². The van der Waals surface area contributed by atoms with Crippen molar-refractivity contribution in [2.75, 3.05) is 5.73 Å². The number of carbonyl (C=O) groups excluding carboxylic acids is 1. The Morgan fingerprint density at radius 1 is 1.30 bits per heavy atom. The summed E-state index contributed by atoms with van der Waals surface area (Å²) >= 11 is 3.06. The fraction of sp³-hybridized carbons (Fsp3) is 0.133. The molecule has 1 amide bonds. The summed E-state index contributed by atoms with van der Waals surface area (Å²) in [6.07, 6.45) is 0. The number of nitrogens with two attached hydrogens (primary N) is 1. The Kier molecular flexibility index (Phi) is 3.46. The van der Waals surface area contributed by atoms with Gasteiger partial charge in [-0.2, -0.15) is 11.3 Å². The van der Waals surface area contributed by atoms with Gasteiger partial charge in [-0.15, -0.1) is 11.3 Å². The standard InChI is InChI=1S/C15H14N2OS2/c1-9(10-6-7-19-8-10)17-15(18)14-13(16)11-4-2-3-5-12(11)20-14/h2-9H,16H2,1H3,(H,17,18). The van der Waals surface area contributed by atoms with E-state index in [-0.39, 0.29) is 11.9 Å². The molecule has 0 saturated heterocycles. The number of carbonyl (C=O) groups is 1. The van der Waals surface area contributed by atoms with Crippen LogP contribution >= 0.6 is 22.7 Å². The van der Waals surface area contributed by atoms with E-state index < -0.39 is 0 Å². The van der Waals surface area contributed by atoms with Crippen LogP contribution < -0.4 is 11.1 Å². The van der Waals surface area contributed by atoms with E-state index in [1.165, 1.54) is 11.3 Å². The van der Waals surface area contributed by atoms with Gasteiger partial charge in [0, 0.05) is 10.1 Å². The quantitative estimate of drug-likeness (QED) is 0.767. The van der Waals surface area contributed by atoms with Gasteiger partial charge in [0.2, 0.25) is 0 Å². The monoisotopic (exact) mass is 302 g/mol. The van der Waals surface area contributed by atoms with Gasteiger partial charge >= 0.3 is 0 Å². The first-order valence-corrected chi connectivity index (χ1v) is 8.02. The minimum absolute atomic E-state index is 0.0154. The SMILES string of the molecule is CC(NC(=O)c1sc2ccccc2c1N)c1ccsc1. The van der Waals surface area contributed by atoms with Crippen molar-refractivity contribution in [1.82, 2.24) is 5.32 Å². The molecule has 5 heteroatoms. The van der Waals surface area contributed by atoms with E-state index in [0.717, 1.165) is 15.6 Å². The van der Waals surface area contributed by atoms with Gasteiger partial charge in [0.25, 0.3) is 5.91 Å². The average molecular weight is 302 g/mol. The summed E-state index contributed by atoms with van der Waals surface area (Å²) < 4.78 is 1.04. The molecule has 0 spiro atoms. The normalized spacial score (nSPS) is 12.4. The van der Waals surface area contributed by atoms with Gasteiger partial charge < -0.3 is 11.1 Å². The number of thiophene rings is 2. The van der Waals surface area contributed by atoms with Crippen LogP contribution in [0.5, 0.6) is 0 Å². The molecule has 0 radical (unpaired) electrons. The summed E-state index contributed by atoms with van der Waals surface area (Å²) in [5.41, 5.74) is 7.77. The Hall–Kier alpha value is -1.85. The lowest BCUT2D eigenvalue weighted by atomic mass is 10.1. The van der Waals surface area contributed by atoms with Crippen molar-refractivity contribution in [3.8, 4) is 0 Å². The third kappa shape index (κ3) is 2.30. The van der Waals surface area contributed by atoms with Crippen LogP contribution in [0.3, 0.4) is 0 Å². The van der Waals surface area contributed by atoms with Crippen LogP contribution in [0.15, 0.2) is 41.1 Å². The molecule has 0 aliphatic rings. The van der Waals surface area contributed by atoms with Crippen LogP contribution in [0.1, 0.15) is 28.2 Å². The second-order valence-electron chi connectivity index (χ2n) is 4.59. The minimum Gasteiger partial charge on any atom is -0.397 e. The maximum Gasteiger partial charge on any atom is 0.263 e. The van der Waals surface area contributed by atoms with Crippen molar-refractivity contribution in [3.63, 3.8) is 0 Å². The molecule has 102 valence electrons. The molecule has 0 saturated carbocycles. The highest BCUT2D eigenvalue weighted by atomic mass is 32.1. The topological polar surface area (TPSA) is 55.1 Å². The van der Waals surface area contributed by atoms with Crippen LogP contribution in [0.2, 0.25) is 0 Å². The lowest BCUT2D eigenvalue weighted by Gasteiger charge is -2.11. The number of rotatable bonds is 3. The Morgan fingerprint density at radius 3 is 2.80 bits per heavy atom. The molecule has 2 heterocycles. The van der Waals surface area contributed by atoms with Gasteiger partial charge in [0.1, 0.15) is 4.88 Å². The zero-order chi connectivity index (χ0) is 14.1. The largest absolute Gasteiger partial charge is 0.397 e. The van der Waals surface area contributed by atoms with E-state index in [1.807, 2.05) is 48.0 Å². The number of hydrogen-bond donors (Lipinski definition) is 2. The summed E-state index contributed by atoms with van der Waals surface area (Å²) in [6, 6.07) is 9.81. The van der Waals surface area contributed by atoms with Crippen LogP contribution in [-0.4, -0.2) is 5.91 Å². The Morgan fingerprint density at radius 2 is 2.10 bits per heavy atom. The van der Waals surface area contributed by atoms with Gasteiger partial charge in [-0.05, 0) is 35.4 Å². The van der Waals surface area contributed by atoms with E-state index in [9.17, 15) is 4.79 Å². The fourth-order valence-corrected chi connectivity index (χ4v) is 3.88. The molecular weight excluding hydrogens is 288 g/mol. The fourth-order valence-electron chi connectivity index (χ4n) is 2.10. The predicted molar refractivity (Wildman–Crippen MR) is 86.4 cm³/mol. The van der Waals surface area contributed by atoms with E-state index in [2.05, 4.69) is 5.32 Å². The van der Waals surface area contributed by atoms with Crippen LogP contribution in [0.4, 0.5) is 5.69 Å². The first-order valence-electron chi connectivity index (χ1n) is 6.27. The summed E-state index contributed by atoms with van der Waals surface area (Å²) in [6.45, 7) is 1.98. The van der Waals surface area contributed by atoms with Crippen molar-refractivity contribution >= 4 is 44.4 Å². The van der Waals surface area contributed by atoms with Gasteiger partial charge in [0.15, 0.2) is 0 Å². The van der Waals surface area contributed by atoms with Gasteiger partial charge in [-0.3, -0.25) is 4.79 Å². The molecule has 3 rings (SSSR count). The lowest BCUT2D eigenvalue weighted by molar-refractivity contribution is 0.0945. The highest BCUT2D eigenvalue weighted by Crippen LogP contribution is 2.33. The summed E-state index contributed by atoms with van der Waals surface area (Å²) in [5.74, 6) is -0.109. The van der Waals surface area contributed by atoms with Crippen LogP contribution in [0, 0.1) is 0 Å². The molecular formula is C15H14N2OS2. The summed E-state index contributed by atoms with van der Waals surface area (Å²) in [7, 11) is 0. The second kappa shape index (κ2) is 5.26. The molecule has 1 unspecified atom stereocenters. The van der Waals surface area contributed by atoms with Gasteiger partial charge in [-0.1, -0.05) is 18.2 Å². The summed E-state index contributed by atoms with van der Waals surface area (Å²) in [4.78, 5) is 13.0. The molecule has 0 bridgehead atoms. The molecule has 3 aromatic rings. The number of hydrogen-bond acceptors (Lipinski definition) is 4. The smallest absolute Gasteiger partial charge is 0.263 e. The Balaban J connectivity index is 1.87. The van der Waals surface area contributed by atoms with E-state index in [0.29, 0.717) is 10.6 Å². The van der Waals surface area contributed by atoms with Crippen LogP contribution in [0.25, 0.3) is 10.1 Å². The molecule has 0 fully saturated rings. The zero-order valence-electron chi connectivity index (χ0n) is 10.9. The third-order valence-electron chi connectivity index (χ3n) is 3.23. The van der Waals surface area contributed by atoms with E-state index in [1.54, 1.807) is 11.3 Å². The van der Waals surface area contributed by atoms with E-state index >= 15 is 0 Å². The minimum atomic E-state index is -0.109. The van der Waals surface area contributed by atoms with Crippen molar-refractivity contribution in [2.45, 2.75) is 13.0 Å².